The molecule has 0 aromatic heterocycles. The van der Waals surface area contributed by atoms with E-state index in [1.807, 2.05) is 0 Å². The lowest BCUT2D eigenvalue weighted by Gasteiger charge is -2.41. The summed E-state index contributed by atoms with van der Waals surface area (Å²) < 4.78 is 26.8. The van der Waals surface area contributed by atoms with Crippen LogP contribution in [0.4, 0.5) is 0 Å². The number of methoxy groups -OCH3 is 1. The normalized spacial score (nSPS) is 30.8. The average molecular weight is 525 g/mol. The smallest absolute Gasteiger partial charge is 0.337 e. The molecule has 0 bridgehead atoms. The molecular formula is C25H32O12. The van der Waals surface area contributed by atoms with Gasteiger partial charge in [0, 0.05) is 17.9 Å². The molecular weight excluding hydrogens is 492 g/mol. The number of hydrogen-bond acceptors (Lipinski definition) is 12. The molecule has 2 heterocycles. The van der Waals surface area contributed by atoms with Crippen molar-refractivity contribution in [1.82, 2.24) is 0 Å². The first-order chi connectivity index (χ1) is 17.7. The summed E-state index contributed by atoms with van der Waals surface area (Å²) in [6.45, 7) is 1.06. The monoisotopic (exact) mass is 524 g/mol. The number of phenolic OH excluding ortho intramolecular Hbond substituents is 1. The van der Waals surface area contributed by atoms with E-state index in [1.165, 1.54) is 19.2 Å². The Hall–Kier alpha value is -3.00. The van der Waals surface area contributed by atoms with E-state index in [9.17, 15) is 35.1 Å². The molecule has 204 valence electrons. The molecule has 7 atom stereocenters. The minimum Gasteiger partial charge on any atom is -0.508 e. The van der Waals surface area contributed by atoms with Crippen molar-refractivity contribution >= 4 is 11.9 Å². The van der Waals surface area contributed by atoms with Gasteiger partial charge in [-0.3, -0.25) is 4.79 Å². The van der Waals surface area contributed by atoms with E-state index >= 15 is 0 Å². The average Bonchev–Trinajstić information content (AvgIpc) is 2.89. The van der Waals surface area contributed by atoms with Crippen molar-refractivity contribution in [1.29, 1.82) is 0 Å². The van der Waals surface area contributed by atoms with E-state index in [1.54, 1.807) is 25.1 Å². The zero-order valence-corrected chi connectivity index (χ0v) is 20.4. The lowest BCUT2D eigenvalue weighted by molar-refractivity contribution is -0.327. The highest BCUT2D eigenvalue weighted by atomic mass is 16.8. The van der Waals surface area contributed by atoms with Crippen LogP contribution in [-0.2, 0) is 39.7 Å². The third-order valence-electron chi connectivity index (χ3n) is 6.19. The minimum atomic E-state index is -1.67. The fourth-order valence-electron chi connectivity index (χ4n) is 4.10. The van der Waals surface area contributed by atoms with Crippen LogP contribution in [0.5, 0.6) is 5.75 Å². The molecule has 12 heteroatoms. The molecule has 0 amide bonds. The van der Waals surface area contributed by atoms with Crippen LogP contribution < -0.4 is 0 Å². The molecule has 37 heavy (non-hydrogen) atoms. The second kappa shape index (κ2) is 13.0. The van der Waals surface area contributed by atoms with Crippen LogP contribution in [0.1, 0.15) is 18.9 Å². The summed E-state index contributed by atoms with van der Waals surface area (Å²) in [6, 6.07) is 6.47. The molecule has 2 aliphatic rings. The van der Waals surface area contributed by atoms with Gasteiger partial charge in [0.15, 0.2) is 6.29 Å². The van der Waals surface area contributed by atoms with E-state index in [-0.39, 0.29) is 24.4 Å². The maximum Gasteiger partial charge on any atom is 0.337 e. The summed E-state index contributed by atoms with van der Waals surface area (Å²) in [5.41, 5.74) is 1.23. The van der Waals surface area contributed by atoms with Crippen LogP contribution in [-0.4, -0.2) is 94.8 Å². The van der Waals surface area contributed by atoms with Crippen LogP contribution in [0.15, 0.2) is 47.7 Å². The van der Waals surface area contributed by atoms with Crippen molar-refractivity contribution in [2.75, 3.05) is 20.3 Å². The van der Waals surface area contributed by atoms with Crippen LogP contribution in [0, 0.1) is 5.92 Å². The number of carbonyl (C=O) groups is 2. The van der Waals surface area contributed by atoms with E-state index in [2.05, 4.69) is 0 Å². The molecule has 3 rings (SSSR count). The van der Waals surface area contributed by atoms with E-state index in [0.29, 0.717) is 12.0 Å². The standard InChI is InChI=1S/C25H32O12/c1-3-15-16(10-19(28)34-9-8-13-4-6-14(27)7-5-13)17(23(32)33-2)12-35-24(15)37-25-22(31)21(30)20(29)18(11-26)36-25/h3-7,12,16,18,20-22,24-27,29-31H,8-11H2,1-2H3/b15-3+/t16-,18+,20+,21-,22-,24-,25-/m0/s1. The Morgan fingerprint density at radius 2 is 1.78 bits per heavy atom. The minimum absolute atomic E-state index is 0.0414. The van der Waals surface area contributed by atoms with Crippen molar-refractivity contribution in [3.8, 4) is 5.75 Å². The molecule has 1 saturated heterocycles. The molecule has 12 nitrogen and oxygen atoms in total. The molecule has 0 unspecified atom stereocenters. The second-order valence-electron chi connectivity index (χ2n) is 8.55. The Morgan fingerprint density at radius 3 is 2.41 bits per heavy atom. The Balaban J connectivity index is 1.71. The maximum absolute atomic E-state index is 12.7. The summed E-state index contributed by atoms with van der Waals surface area (Å²) in [5.74, 6) is -2.07. The number of carbonyl (C=O) groups excluding carboxylic acids is 2. The number of phenols is 1. The fraction of sp³-hybridized carbons (Fsp3) is 0.520. The molecule has 0 radical (unpaired) electrons. The Labute approximate surface area is 213 Å². The number of rotatable bonds is 9. The first-order valence-electron chi connectivity index (χ1n) is 11.7. The van der Waals surface area contributed by atoms with Gasteiger partial charge in [-0.1, -0.05) is 18.2 Å². The maximum atomic E-state index is 12.7. The van der Waals surface area contributed by atoms with Gasteiger partial charge >= 0.3 is 11.9 Å². The fourth-order valence-corrected chi connectivity index (χ4v) is 4.10. The highest BCUT2D eigenvalue weighted by Gasteiger charge is 2.46. The van der Waals surface area contributed by atoms with E-state index in [0.717, 1.165) is 11.8 Å². The van der Waals surface area contributed by atoms with Gasteiger partial charge < -0.3 is 49.2 Å². The number of hydrogen-bond donors (Lipinski definition) is 5. The second-order valence-corrected chi connectivity index (χ2v) is 8.55. The molecule has 1 fully saturated rings. The van der Waals surface area contributed by atoms with Gasteiger partial charge in [-0.25, -0.2) is 4.79 Å². The Kier molecular flexibility index (Phi) is 10.0. The first-order valence-corrected chi connectivity index (χ1v) is 11.7. The van der Waals surface area contributed by atoms with Crippen LogP contribution in [0.2, 0.25) is 0 Å². The number of aliphatic hydroxyl groups excluding tert-OH is 4. The molecule has 1 aromatic carbocycles. The lowest BCUT2D eigenvalue weighted by Crippen LogP contribution is -2.60. The van der Waals surface area contributed by atoms with Crippen molar-refractivity contribution in [2.24, 2.45) is 5.92 Å². The molecule has 0 aliphatic carbocycles. The van der Waals surface area contributed by atoms with Gasteiger partial charge in [-0.2, -0.15) is 0 Å². The quantitative estimate of drug-likeness (QED) is 0.210. The highest BCUT2D eigenvalue weighted by molar-refractivity contribution is 5.90. The largest absolute Gasteiger partial charge is 0.508 e. The third-order valence-corrected chi connectivity index (χ3v) is 6.19. The molecule has 0 spiro atoms. The summed E-state index contributed by atoms with van der Waals surface area (Å²) in [7, 11) is 1.18. The van der Waals surface area contributed by atoms with Crippen LogP contribution in [0.25, 0.3) is 0 Å². The topological polar surface area (TPSA) is 181 Å². The zero-order valence-electron chi connectivity index (χ0n) is 20.4. The summed E-state index contributed by atoms with van der Waals surface area (Å²) >= 11 is 0. The lowest BCUT2D eigenvalue weighted by atomic mass is 9.86. The van der Waals surface area contributed by atoms with E-state index < -0.39 is 61.5 Å². The summed E-state index contributed by atoms with van der Waals surface area (Å²) in [6.07, 6.45) is -6.02. The number of allylic oxidation sites excluding steroid dienone is 1. The number of aromatic hydroxyl groups is 1. The van der Waals surface area contributed by atoms with Crippen molar-refractivity contribution in [3.05, 3.63) is 53.3 Å². The molecule has 5 N–H and O–H groups in total. The Bertz CT molecular complexity index is 986. The first kappa shape index (κ1) is 28.6. The predicted octanol–water partition coefficient (Wildman–Crippen LogP) is -0.340. The number of benzene rings is 1. The number of aliphatic hydroxyl groups is 4. The van der Waals surface area contributed by atoms with Crippen LogP contribution in [0.3, 0.4) is 0 Å². The summed E-state index contributed by atoms with van der Waals surface area (Å²) in [4.78, 5) is 25.1. The van der Waals surface area contributed by atoms with Gasteiger partial charge in [-0.15, -0.1) is 0 Å². The van der Waals surface area contributed by atoms with Crippen molar-refractivity contribution in [3.63, 3.8) is 0 Å². The Morgan fingerprint density at radius 1 is 1.08 bits per heavy atom. The zero-order chi connectivity index (χ0) is 27.1. The molecule has 1 aromatic rings. The third kappa shape index (κ3) is 6.86. The highest BCUT2D eigenvalue weighted by Crippen LogP contribution is 2.36. The van der Waals surface area contributed by atoms with Gasteiger partial charge in [0.2, 0.25) is 6.29 Å². The number of esters is 2. The molecule has 0 saturated carbocycles. The van der Waals surface area contributed by atoms with Gasteiger partial charge in [-0.05, 0) is 24.6 Å². The number of ether oxygens (including phenoxy) is 5. The van der Waals surface area contributed by atoms with Gasteiger partial charge in [0.1, 0.15) is 30.2 Å². The SMILES string of the molecule is C/C=C1/[C@H](O[C@@H]2O[C@H](CO)[C@@H](O)[C@H](O)[C@@H]2O)OC=C(C(=O)OC)[C@H]1CC(=O)OCCc1ccc(O)cc1. The van der Waals surface area contributed by atoms with Crippen molar-refractivity contribution in [2.45, 2.75) is 56.8 Å². The van der Waals surface area contributed by atoms with E-state index in [4.69, 9.17) is 23.7 Å². The van der Waals surface area contributed by atoms with Gasteiger partial charge in [0.05, 0.1) is 38.6 Å². The predicted molar refractivity (Wildman–Crippen MR) is 124 cm³/mol. The molecule has 2 aliphatic heterocycles. The summed E-state index contributed by atoms with van der Waals surface area (Å²) in [5, 5.41) is 49.1. The van der Waals surface area contributed by atoms with Gasteiger partial charge in [0.25, 0.3) is 0 Å². The van der Waals surface area contributed by atoms with Crippen molar-refractivity contribution < 1.29 is 58.8 Å². The van der Waals surface area contributed by atoms with Crippen LogP contribution >= 0.6 is 0 Å².